The van der Waals surface area contributed by atoms with Crippen LogP contribution < -0.4 is 0 Å². The zero-order valence-corrected chi connectivity index (χ0v) is 18.4. The second-order valence-corrected chi connectivity index (χ2v) is 8.42. The Kier molecular flexibility index (Phi) is 7.25. The molecule has 1 aliphatic heterocycles. The van der Waals surface area contributed by atoms with E-state index in [9.17, 15) is 4.39 Å². The number of hydrogen-bond donors (Lipinski definition) is 0. The molecule has 2 aromatic carbocycles. The molecule has 2 atom stereocenters. The largest absolute Gasteiger partial charge is 0.374 e. The van der Waals surface area contributed by atoms with Crippen LogP contribution >= 0.6 is 23.2 Å². The molecule has 1 saturated heterocycles. The molecule has 2 unspecified atom stereocenters. The van der Waals surface area contributed by atoms with Crippen LogP contribution in [0.1, 0.15) is 17.5 Å². The van der Waals surface area contributed by atoms with E-state index in [-0.39, 0.29) is 11.9 Å². The van der Waals surface area contributed by atoms with Gasteiger partial charge < -0.3 is 18.8 Å². The fourth-order valence-electron chi connectivity index (χ4n) is 3.58. The fraction of sp³-hybridized carbons (Fsp3) is 0.348. The first-order valence-corrected chi connectivity index (χ1v) is 10.8. The lowest BCUT2D eigenvalue weighted by Gasteiger charge is -2.28. The number of rotatable bonds is 9. The molecule has 0 saturated carbocycles. The SMILES string of the molecule is Fc1ccc(CCC2(Cn3ccnc3)OCC(COCc3ccc(Cl)cc3Cl)O2)cc1. The molecule has 0 N–H and O–H groups in total. The lowest BCUT2D eigenvalue weighted by atomic mass is 10.0. The van der Waals surface area contributed by atoms with Crippen LogP contribution in [0.15, 0.2) is 61.2 Å². The summed E-state index contributed by atoms with van der Waals surface area (Å²) in [6, 6.07) is 11.8. The van der Waals surface area contributed by atoms with Crippen molar-refractivity contribution in [2.75, 3.05) is 13.2 Å². The summed E-state index contributed by atoms with van der Waals surface area (Å²) in [5, 5.41) is 1.16. The van der Waals surface area contributed by atoms with E-state index in [1.807, 2.05) is 16.8 Å². The highest BCUT2D eigenvalue weighted by Gasteiger charge is 2.41. The van der Waals surface area contributed by atoms with Crippen LogP contribution in [0.4, 0.5) is 4.39 Å². The number of aromatic nitrogens is 2. The third-order valence-electron chi connectivity index (χ3n) is 5.18. The van der Waals surface area contributed by atoms with Crippen molar-refractivity contribution in [3.8, 4) is 0 Å². The van der Waals surface area contributed by atoms with Gasteiger partial charge in [0.15, 0.2) is 5.79 Å². The van der Waals surface area contributed by atoms with Crippen molar-refractivity contribution in [1.82, 2.24) is 9.55 Å². The number of benzene rings is 2. The molecule has 0 aliphatic carbocycles. The first-order chi connectivity index (χ1) is 15.0. The number of halogens is 3. The zero-order valence-electron chi connectivity index (χ0n) is 16.8. The lowest BCUT2D eigenvalue weighted by molar-refractivity contribution is -0.187. The monoisotopic (exact) mass is 464 g/mol. The third kappa shape index (κ3) is 6.05. The highest BCUT2D eigenvalue weighted by molar-refractivity contribution is 6.35. The molecule has 0 spiro atoms. The van der Waals surface area contributed by atoms with Crippen molar-refractivity contribution >= 4 is 23.2 Å². The van der Waals surface area contributed by atoms with Gasteiger partial charge in [-0.15, -0.1) is 0 Å². The van der Waals surface area contributed by atoms with Gasteiger partial charge >= 0.3 is 0 Å². The number of imidazole rings is 1. The molecular weight excluding hydrogens is 442 g/mol. The van der Waals surface area contributed by atoms with Gasteiger partial charge in [0.05, 0.1) is 32.7 Å². The average Bonchev–Trinajstić information content (AvgIpc) is 3.40. The Morgan fingerprint density at radius 3 is 2.77 bits per heavy atom. The van der Waals surface area contributed by atoms with Crippen LogP contribution in [-0.2, 0) is 33.8 Å². The average molecular weight is 465 g/mol. The van der Waals surface area contributed by atoms with Gasteiger partial charge in [-0.1, -0.05) is 41.4 Å². The van der Waals surface area contributed by atoms with Gasteiger partial charge in [0.25, 0.3) is 0 Å². The molecule has 0 radical (unpaired) electrons. The summed E-state index contributed by atoms with van der Waals surface area (Å²) >= 11 is 12.1. The Morgan fingerprint density at radius 1 is 1.19 bits per heavy atom. The molecule has 164 valence electrons. The van der Waals surface area contributed by atoms with Crippen LogP contribution in [0.5, 0.6) is 0 Å². The Bertz CT molecular complexity index is 985. The van der Waals surface area contributed by atoms with Gasteiger partial charge in [-0.3, -0.25) is 0 Å². The standard InChI is InChI=1S/C23H23Cl2FN2O3/c24-19-4-3-18(22(25)11-19)12-29-13-21-14-30-23(31-21,15-28-10-9-27-16-28)8-7-17-1-5-20(26)6-2-17/h1-6,9-11,16,21H,7-8,12-15H2. The molecule has 0 amide bonds. The van der Waals surface area contributed by atoms with Gasteiger partial charge in [-0.2, -0.15) is 0 Å². The van der Waals surface area contributed by atoms with E-state index >= 15 is 0 Å². The summed E-state index contributed by atoms with van der Waals surface area (Å²) < 4.78 is 33.4. The number of ether oxygens (including phenoxy) is 3. The molecule has 3 aromatic rings. The zero-order chi connectivity index (χ0) is 21.7. The molecule has 1 fully saturated rings. The topological polar surface area (TPSA) is 45.5 Å². The molecule has 8 heteroatoms. The van der Waals surface area contributed by atoms with Crippen molar-refractivity contribution in [2.24, 2.45) is 0 Å². The fourth-order valence-corrected chi connectivity index (χ4v) is 4.04. The summed E-state index contributed by atoms with van der Waals surface area (Å²) in [4.78, 5) is 4.10. The van der Waals surface area contributed by atoms with Gasteiger partial charge in [-0.25, -0.2) is 9.37 Å². The second kappa shape index (κ2) is 10.1. The summed E-state index contributed by atoms with van der Waals surface area (Å²) in [7, 11) is 0. The van der Waals surface area contributed by atoms with Gasteiger partial charge in [0, 0.05) is 28.9 Å². The predicted octanol–water partition coefficient (Wildman–Crippen LogP) is 5.29. The van der Waals surface area contributed by atoms with Crippen LogP contribution in [0, 0.1) is 5.82 Å². The van der Waals surface area contributed by atoms with Crippen molar-refractivity contribution in [1.29, 1.82) is 0 Å². The molecule has 1 aromatic heterocycles. The minimum Gasteiger partial charge on any atom is -0.374 e. The Hall–Kier alpha value is -1.96. The van der Waals surface area contributed by atoms with E-state index in [0.29, 0.717) is 49.3 Å². The summed E-state index contributed by atoms with van der Waals surface area (Å²) in [5.74, 6) is -1.05. The normalized spacial score (nSPS) is 20.9. The van der Waals surface area contributed by atoms with Gasteiger partial charge in [0.1, 0.15) is 11.9 Å². The van der Waals surface area contributed by atoms with E-state index in [1.165, 1.54) is 12.1 Å². The molecule has 1 aliphatic rings. The van der Waals surface area contributed by atoms with Crippen molar-refractivity contribution in [3.05, 3.63) is 88.2 Å². The molecular formula is C23H23Cl2FN2O3. The van der Waals surface area contributed by atoms with Crippen molar-refractivity contribution in [2.45, 2.75) is 37.9 Å². The Morgan fingerprint density at radius 2 is 2.03 bits per heavy atom. The number of hydrogen-bond acceptors (Lipinski definition) is 4. The molecule has 5 nitrogen and oxygen atoms in total. The van der Waals surface area contributed by atoms with Gasteiger partial charge in [0.2, 0.25) is 0 Å². The van der Waals surface area contributed by atoms with Gasteiger partial charge in [-0.05, 0) is 41.8 Å². The highest BCUT2D eigenvalue weighted by atomic mass is 35.5. The quantitative estimate of drug-likeness (QED) is 0.431. The first kappa shape index (κ1) is 22.2. The minimum atomic E-state index is -0.805. The van der Waals surface area contributed by atoms with E-state index in [0.717, 1.165) is 11.1 Å². The second-order valence-electron chi connectivity index (χ2n) is 7.57. The number of nitrogens with zero attached hydrogens (tertiary/aromatic N) is 2. The van der Waals surface area contributed by atoms with Crippen LogP contribution in [-0.4, -0.2) is 34.7 Å². The Balaban J connectivity index is 1.36. The van der Waals surface area contributed by atoms with Crippen LogP contribution in [0.25, 0.3) is 0 Å². The highest BCUT2D eigenvalue weighted by Crippen LogP contribution is 2.31. The van der Waals surface area contributed by atoms with Crippen molar-refractivity contribution < 1.29 is 18.6 Å². The molecule has 0 bridgehead atoms. The first-order valence-electron chi connectivity index (χ1n) is 10.0. The molecule has 31 heavy (non-hydrogen) atoms. The van der Waals surface area contributed by atoms with E-state index in [1.54, 1.807) is 36.8 Å². The van der Waals surface area contributed by atoms with E-state index < -0.39 is 5.79 Å². The maximum Gasteiger partial charge on any atom is 0.187 e. The van der Waals surface area contributed by atoms with Crippen LogP contribution in [0.2, 0.25) is 10.0 Å². The third-order valence-corrected chi connectivity index (χ3v) is 5.77. The maximum absolute atomic E-state index is 13.2. The predicted molar refractivity (Wildman–Crippen MR) is 117 cm³/mol. The van der Waals surface area contributed by atoms with Crippen LogP contribution in [0.3, 0.4) is 0 Å². The lowest BCUT2D eigenvalue weighted by Crippen LogP contribution is -2.37. The summed E-state index contributed by atoms with van der Waals surface area (Å²) in [5.41, 5.74) is 1.89. The molecule has 4 rings (SSSR count). The van der Waals surface area contributed by atoms with E-state index in [4.69, 9.17) is 37.4 Å². The Labute approximate surface area is 190 Å². The smallest absolute Gasteiger partial charge is 0.187 e. The molecule has 2 heterocycles. The number of aryl methyl sites for hydroxylation is 1. The summed E-state index contributed by atoms with van der Waals surface area (Å²) in [6.45, 7) is 1.67. The summed E-state index contributed by atoms with van der Waals surface area (Å²) in [6.07, 6.45) is 6.44. The van der Waals surface area contributed by atoms with Crippen molar-refractivity contribution in [3.63, 3.8) is 0 Å². The maximum atomic E-state index is 13.2. The van der Waals surface area contributed by atoms with E-state index in [2.05, 4.69) is 4.98 Å². The minimum absolute atomic E-state index is 0.206.